The fraction of sp³-hybridized carbons (Fsp3) is 0.407. The zero-order valence-electron chi connectivity index (χ0n) is 20.4. The molecular formula is C27H31N3O5S. The van der Waals surface area contributed by atoms with E-state index >= 15 is 0 Å². The van der Waals surface area contributed by atoms with Gasteiger partial charge < -0.3 is 18.9 Å². The number of carbonyl (C=O) groups excluding carboxylic acids is 1. The number of imidazole rings is 1. The lowest BCUT2D eigenvalue weighted by atomic mass is 10.1. The molecule has 1 saturated heterocycles. The van der Waals surface area contributed by atoms with Gasteiger partial charge in [0.2, 0.25) is 15.0 Å². The molecule has 1 atom stereocenters. The first-order chi connectivity index (χ1) is 17.4. The summed E-state index contributed by atoms with van der Waals surface area (Å²) in [5.74, 6) is 0.434. The molecule has 8 nitrogen and oxygen atoms in total. The molecule has 1 aromatic heterocycles. The predicted molar refractivity (Wildman–Crippen MR) is 135 cm³/mol. The maximum atomic E-state index is 13.6. The van der Waals surface area contributed by atoms with Crippen LogP contribution in [0.25, 0.3) is 0 Å². The minimum atomic E-state index is -3.66. The SMILES string of the molecule is COc1ccc(C(=O)N(Cc2cnc(S(=O)(=O)Cc3ccccc3)n2C2CC2)CC2CCCO2)cc1. The Morgan fingerprint density at radius 2 is 1.86 bits per heavy atom. The Labute approximate surface area is 211 Å². The highest BCUT2D eigenvalue weighted by atomic mass is 32.2. The molecular weight excluding hydrogens is 478 g/mol. The van der Waals surface area contributed by atoms with Crippen LogP contribution in [0.2, 0.25) is 0 Å². The molecule has 3 aromatic rings. The molecule has 36 heavy (non-hydrogen) atoms. The first-order valence-electron chi connectivity index (χ1n) is 12.3. The van der Waals surface area contributed by atoms with Crippen LogP contribution < -0.4 is 4.74 Å². The van der Waals surface area contributed by atoms with Crippen molar-refractivity contribution in [3.05, 3.63) is 77.6 Å². The van der Waals surface area contributed by atoms with Crippen molar-refractivity contribution in [1.82, 2.24) is 14.5 Å². The number of amides is 1. The Hall–Kier alpha value is -3.17. The second-order valence-corrected chi connectivity index (χ2v) is 11.3. The van der Waals surface area contributed by atoms with Gasteiger partial charge in [0.15, 0.2) is 0 Å². The number of nitrogens with zero attached hydrogens (tertiary/aromatic N) is 3. The van der Waals surface area contributed by atoms with E-state index in [0.29, 0.717) is 24.5 Å². The highest BCUT2D eigenvalue weighted by Crippen LogP contribution is 2.39. The molecule has 0 bridgehead atoms. The number of hydrogen-bond acceptors (Lipinski definition) is 6. The molecule has 0 spiro atoms. The van der Waals surface area contributed by atoms with Crippen molar-refractivity contribution in [2.45, 2.75) is 55.3 Å². The summed E-state index contributed by atoms with van der Waals surface area (Å²) in [7, 11) is -2.07. The topological polar surface area (TPSA) is 90.7 Å². The Bertz CT molecular complexity index is 1290. The van der Waals surface area contributed by atoms with Crippen LogP contribution in [0, 0.1) is 0 Å². The minimum absolute atomic E-state index is 0.0363. The third-order valence-electron chi connectivity index (χ3n) is 6.65. The lowest BCUT2D eigenvalue weighted by molar-refractivity contribution is 0.0501. The Kier molecular flexibility index (Phi) is 7.11. The summed E-state index contributed by atoms with van der Waals surface area (Å²) in [6.45, 7) is 1.39. The largest absolute Gasteiger partial charge is 0.497 e. The Balaban J connectivity index is 1.44. The molecule has 1 saturated carbocycles. The number of methoxy groups -OCH3 is 1. The van der Waals surface area contributed by atoms with E-state index in [2.05, 4.69) is 4.98 Å². The van der Waals surface area contributed by atoms with Crippen LogP contribution in [0.15, 0.2) is 66.0 Å². The van der Waals surface area contributed by atoms with E-state index in [1.165, 1.54) is 0 Å². The van der Waals surface area contributed by atoms with Crippen molar-refractivity contribution in [3.63, 3.8) is 0 Å². The number of benzene rings is 2. The molecule has 0 radical (unpaired) electrons. The van der Waals surface area contributed by atoms with E-state index in [1.54, 1.807) is 54.6 Å². The number of rotatable bonds is 10. The summed E-state index contributed by atoms with van der Waals surface area (Å²) in [4.78, 5) is 19.7. The van der Waals surface area contributed by atoms with Gasteiger partial charge in [-0.3, -0.25) is 4.79 Å². The van der Waals surface area contributed by atoms with E-state index in [-0.39, 0.29) is 35.5 Å². The molecule has 1 amide bonds. The average Bonchev–Trinajstić information content (AvgIpc) is 3.41. The van der Waals surface area contributed by atoms with Crippen molar-refractivity contribution >= 4 is 15.7 Å². The van der Waals surface area contributed by atoms with Gasteiger partial charge in [-0.25, -0.2) is 13.4 Å². The molecule has 9 heteroatoms. The van der Waals surface area contributed by atoms with Gasteiger partial charge in [-0.05, 0) is 55.5 Å². The second kappa shape index (κ2) is 10.4. The van der Waals surface area contributed by atoms with E-state index in [9.17, 15) is 13.2 Å². The van der Waals surface area contributed by atoms with Crippen LogP contribution in [-0.2, 0) is 26.9 Å². The van der Waals surface area contributed by atoms with Crippen molar-refractivity contribution in [2.24, 2.45) is 0 Å². The summed E-state index contributed by atoms with van der Waals surface area (Å²) < 4.78 is 39.6. The molecule has 2 aliphatic rings. The Morgan fingerprint density at radius 1 is 1.11 bits per heavy atom. The summed E-state index contributed by atoms with van der Waals surface area (Å²) >= 11 is 0. The van der Waals surface area contributed by atoms with Crippen LogP contribution in [0.1, 0.15) is 53.3 Å². The van der Waals surface area contributed by atoms with Gasteiger partial charge in [0.1, 0.15) is 5.75 Å². The van der Waals surface area contributed by atoms with Crippen molar-refractivity contribution in [3.8, 4) is 5.75 Å². The smallest absolute Gasteiger partial charge is 0.254 e. The highest BCUT2D eigenvalue weighted by molar-refractivity contribution is 7.90. The maximum Gasteiger partial charge on any atom is 0.254 e. The van der Waals surface area contributed by atoms with Gasteiger partial charge in [0.05, 0.1) is 37.4 Å². The van der Waals surface area contributed by atoms with Crippen molar-refractivity contribution in [2.75, 3.05) is 20.3 Å². The van der Waals surface area contributed by atoms with Crippen LogP contribution in [0.5, 0.6) is 5.75 Å². The van der Waals surface area contributed by atoms with E-state index in [4.69, 9.17) is 9.47 Å². The molecule has 2 fully saturated rings. The van der Waals surface area contributed by atoms with Crippen molar-refractivity contribution < 1.29 is 22.7 Å². The monoisotopic (exact) mass is 509 g/mol. The van der Waals surface area contributed by atoms with Gasteiger partial charge in [-0.1, -0.05) is 30.3 Å². The molecule has 1 unspecified atom stereocenters. The zero-order valence-corrected chi connectivity index (χ0v) is 21.2. The standard InChI is InChI=1S/C27H31N3O5S/c1-34-24-13-9-21(10-14-24)26(31)29(18-25-8-5-15-35-25)17-23-16-28-27(30(23)22-11-12-22)36(32,33)19-20-6-3-2-4-7-20/h2-4,6-7,9-10,13-14,16,22,25H,5,8,11-12,15,17-19H2,1H3. The third kappa shape index (κ3) is 5.47. The normalized spacial score (nSPS) is 17.8. The Morgan fingerprint density at radius 3 is 2.50 bits per heavy atom. The first kappa shape index (κ1) is 24.5. The van der Waals surface area contributed by atoms with E-state index in [0.717, 1.165) is 36.9 Å². The molecule has 5 rings (SSSR count). The number of aromatic nitrogens is 2. The van der Waals surface area contributed by atoms with Gasteiger partial charge in [0.25, 0.3) is 5.91 Å². The van der Waals surface area contributed by atoms with Crippen molar-refractivity contribution in [1.29, 1.82) is 0 Å². The predicted octanol–water partition coefficient (Wildman–Crippen LogP) is 4.02. The summed E-state index contributed by atoms with van der Waals surface area (Å²) in [5, 5.41) is 0.0813. The van der Waals surface area contributed by atoms with Crippen LogP contribution in [0.4, 0.5) is 0 Å². The van der Waals surface area contributed by atoms with Crippen LogP contribution >= 0.6 is 0 Å². The summed E-state index contributed by atoms with van der Waals surface area (Å²) in [6.07, 6.45) is 5.23. The fourth-order valence-corrected chi connectivity index (χ4v) is 6.21. The summed E-state index contributed by atoms with van der Waals surface area (Å²) in [5.41, 5.74) is 1.99. The number of sulfone groups is 1. The highest BCUT2D eigenvalue weighted by Gasteiger charge is 2.34. The third-order valence-corrected chi connectivity index (χ3v) is 8.23. The minimum Gasteiger partial charge on any atom is -0.497 e. The van der Waals surface area contributed by atoms with Gasteiger partial charge in [-0.15, -0.1) is 0 Å². The average molecular weight is 510 g/mol. The molecule has 190 valence electrons. The number of ether oxygens (including phenoxy) is 2. The van der Waals surface area contributed by atoms with Gasteiger partial charge >= 0.3 is 0 Å². The quantitative estimate of drug-likeness (QED) is 0.410. The lowest BCUT2D eigenvalue weighted by Gasteiger charge is -2.26. The first-order valence-corrected chi connectivity index (χ1v) is 14.0. The number of carbonyl (C=O) groups is 1. The molecule has 2 heterocycles. The number of hydrogen-bond donors (Lipinski definition) is 0. The molecule has 0 N–H and O–H groups in total. The second-order valence-electron chi connectivity index (χ2n) is 9.43. The fourth-order valence-electron chi connectivity index (χ4n) is 4.67. The van der Waals surface area contributed by atoms with Gasteiger partial charge in [0, 0.05) is 24.8 Å². The molecule has 1 aliphatic carbocycles. The van der Waals surface area contributed by atoms with Crippen LogP contribution in [-0.4, -0.2) is 55.1 Å². The lowest BCUT2D eigenvalue weighted by Crippen LogP contribution is -2.37. The molecule has 1 aliphatic heterocycles. The maximum absolute atomic E-state index is 13.6. The molecule has 2 aromatic carbocycles. The summed E-state index contributed by atoms with van der Waals surface area (Å²) in [6, 6.07) is 16.2. The van der Waals surface area contributed by atoms with E-state index < -0.39 is 9.84 Å². The van der Waals surface area contributed by atoms with E-state index in [1.807, 2.05) is 22.8 Å². The van der Waals surface area contributed by atoms with Crippen LogP contribution in [0.3, 0.4) is 0 Å². The van der Waals surface area contributed by atoms with Gasteiger partial charge in [-0.2, -0.15) is 0 Å². The zero-order chi connectivity index (χ0) is 25.1.